The van der Waals surface area contributed by atoms with E-state index in [4.69, 9.17) is 19.4 Å². The predicted molar refractivity (Wildman–Crippen MR) is 77.1 cm³/mol. The van der Waals surface area contributed by atoms with Crippen molar-refractivity contribution in [2.45, 2.75) is 37.8 Å². The highest BCUT2D eigenvalue weighted by molar-refractivity contribution is 5.76. The lowest BCUT2D eigenvalue weighted by molar-refractivity contribution is -0.123. The fourth-order valence-electron chi connectivity index (χ4n) is 2.65. The molecular weight excluding hydrogens is 276 g/mol. The lowest BCUT2D eigenvalue weighted by Gasteiger charge is -2.18. The zero-order chi connectivity index (χ0) is 15.5. The van der Waals surface area contributed by atoms with Gasteiger partial charge in [0.2, 0.25) is 5.91 Å². The number of likely N-dealkylation sites (tertiary alicyclic amines) is 1. The van der Waals surface area contributed by atoms with Crippen LogP contribution in [0, 0.1) is 0 Å². The second kappa shape index (κ2) is 10.5. The van der Waals surface area contributed by atoms with E-state index in [-0.39, 0.29) is 24.5 Å². The molecule has 122 valence electrons. The highest BCUT2D eigenvalue weighted by Gasteiger charge is 2.29. The van der Waals surface area contributed by atoms with Gasteiger partial charge in [-0.2, -0.15) is 0 Å². The maximum Gasteiger partial charge on any atom is 0.290 e. The number of carbonyl (C=O) groups is 2. The molecule has 2 rings (SSSR count). The number of nitrogens with one attached hydrogen (secondary N) is 1. The van der Waals surface area contributed by atoms with Gasteiger partial charge in [-0.3, -0.25) is 9.59 Å². The Kier molecular flexibility index (Phi) is 8.96. The van der Waals surface area contributed by atoms with E-state index in [1.165, 1.54) is 25.9 Å². The molecule has 0 aromatic heterocycles. The van der Waals surface area contributed by atoms with Crippen LogP contribution in [0.1, 0.15) is 25.7 Å². The zero-order valence-electron chi connectivity index (χ0n) is 12.6. The molecule has 0 unspecified atom stereocenters. The van der Waals surface area contributed by atoms with Gasteiger partial charge >= 0.3 is 0 Å². The summed E-state index contributed by atoms with van der Waals surface area (Å²) in [4.78, 5) is 22.6. The topological polar surface area (TPSA) is 88.1 Å². The molecule has 0 aromatic rings. The minimum atomic E-state index is -0.250. The Morgan fingerprint density at radius 3 is 2.71 bits per heavy atom. The van der Waals surface area contributed by atoms with Crippen LogP contribution in [-0.4, -0.2) is 74.5 Å². The van der Waals surface area contributed by atoms with E-state index in [2.05, 4.69) is 10.2 Å². The number of amides is 1. The zero-order valence-corrected chi connectivity index (χ0v) is 12.6. The van der Waals surface area contributed by atoms with Crippen LogP contribution in [-0.2, 0) is 19.1 Å². The Labute approximate surface area is 125 Å². The molecule has 2 heterocycles. The molecule has 0 bridgehead atoms. The second-order valence-corrected chi connectivity index (χ2v) is 5.24. The van der Waals surface area contributed by atoms with E-state index in [0.29, 0.717) is 19.6 Å². The molecule has 0 saturated carbocycles. The first-order valence-electron chi connectivity index (χ1n) is 7.41. The quantitative estimate of drug-likeness (QED) is 0.676. The van der Waals surface area contributed by atoms with Gasteiger partial charge in [-0.1, -0.05) is 0 Å². The molecule has 7 heteroatoms. The molecule has 2 atom stereocenters. The van der Waals surface area contributed by atoms with Crippen molar-refractivity contribution in [1.82, 2.24) is 10.2 Å². The smallest absolute Gasteiger partial charge is 0.290 e. The van der Waals surface area contributed by atoms with Crippen LogP contribution in [0.4, 0.5) is 0 Å². The van der Waals surface area contributed by atoms with Gasteiger partial charge in [-0.25, -0.2) is 0 Å². The van der Waals surface area contributed by atoms with Crippen LogP contribution >= 0.6 is 0 Å². The minimum Gasteiger partial charge on any atom is -0.483 e. The van der Waals surface area contributed by atoms with Gasteiger partial charge in [-0.05, 0) is 38.9 Å². The minimum absolute atomic E-state index is 0.00697. The van der Waals surface area contributed by atoms with Crippen LogP contribution in [0.25, 0.3) is 0 Å². The van der Waals surface area contributed by atoms with Crippen LogP contribution < -0.4 is 5.32 Å². The van der Waals surface area contributed by atoms with E-state index in [1.54, 1.807) is 7.11 Å². The van der Waals surface area contributed by atoms with Crippen LogP contribution in [0.15, 0.2) is 0 Å². The molecule has 2 aliphatic rings. The van der Waals surface area contributed by atoms with Crippen molar-refractivity contribution >= 4 is 12.4 Å². The molecule has 2 N–H and O–H groups in total. The van der Waals surface area contributed by atoms with Crippen LogP contribution in [0.2, 0.25) is 0 Å². The SMILES string of the molecule is CO[C@H]1COC[C@@H]1NC(=O)CCCN1CCCC1.O=CO. The highest BCUT2D eigenvalue weighted by Crippen LogP contribution is 2.10. The molecule has 7 nitrogen and oxygen atoms in total. The van der Waals surface area contributed by atoms with Gasteiger partial charge in [0.25, 0.3) is 6.47 Å². The Morgan fingerprint density at radius 1 is 1.43 bits per heavy atom. The maximum absolute atomic E-state index is 11.8. The van der Waals surface area contributed by atoms with Crippen molar-refractivity contribution in [1.29, 1.82) is 0 Å². The Hall–Kier alpha value is -1.18. The summed E-state index contributed by atoms with van der Waals surface area (Å²) in [5.74, 6) is 0.117. The number of hydrogen-bond acceptors (Lipinski definition) is 5. The summed E-state index contributed by atoms with van der Waals surface area (Å²) >= 11 is 0. The molecule has 1 amide bonds. The number of carbonyl (C=O) groups excluding carboxylic acids is 1. The van der Waals surface area contributed by atoms with Crippen molar-refractivity contribution < 1.29 is 24.2 Å². The Balaban J connectivity index is 0.000000677. The van der Waals surface area contributed by atoms with Crippen molar-refractivity contribution in [2.24, 2.45) is 0 Å². The molecule has 0 aromatic carbocycles. The third-order valence-electron chi connectivity index (χ3n) is 3.75. The molecular formula is C14H26N2O5. The summed E-state index contributed by atoms with van der Waals surface area (Å²) in [6.45, 7) is 4.33. The van der Waals surface area contributed by atoms with Gasteiger partial charge in [0, 0.05) is 13.5 Å². The number of rotatable bonds is 6. The molecule has 2 aliphatic heterocycles. The van der Waals surface area contributed by atoms with Gasteiger partial charge in [-0.15, -0.1) is 0 Å². The average molecular weight is 302 g/mol. The monoisotopic (exact) mass is 302 g/mol. The number of nitrogens with zero attached hydrogens (tertiary/aromatic N) is 1. The fraction of sp³-hybridized carbons (Fsp3) is 0.857. The van der Waals surface area contributed by atoms with Gasteiger partial charge in [0.15, 0.2) is 0 Å². The Morgan fingerprint density at radius 2 is 2.10 bits per heavy atom. The number of carboxylic acid groups (broad SMARTS) is 1. The summed E-state index contributed by atoms with van der Waals surface area (Å²) < 4.78 is 10.6. The summed E-state index contributed by atoms with van der Waals surface area (Å²) in [5.41, 5.74) is 0. The second-order valence-electron chi connectivity index (χ2n) is 5.24. The van der Waals surface area contributed by atoms with E-state index < -0.39 is 0 Å². The van der Waals surface area contributed by atoms with Gasteiger partial charge in [0.05, 0.1) is 19.3 Å². The van der Waals surface area contributed by atoms with Crippen LogP contribution in [0.3, 0.4) is 0 Å². The molecule has 21 heavy (non-hydrogen) atoms. The first kappa shape index (κ1) is 17.9. The largest absolute Gasteiger partial charge is 0.483 e. The first-order chi connectivity index (χ1) is 10.2. The summed E-state index contributed by atoms with van der Waals surface area (Å²) in [7, 11) is 1.66. The van der Waals surface area contributed by atoms with Gasteiger partial charge < -0.3 is 24.8 Å². The fourth-order valence-corrected chi connectivity index (χ4v) is 2.65. The third-order valence-corrected chi connectivity index (χ3v) is 3.75. The summed E-state index contributed by atoms with van der Waals surface area (Å²) in [6.07, 6.45) is 4.16. The number of hydrogen-bond donors (Lipinski definition) is 2. The average Bonchev–Trinajstić information content (AvgIpc) is 3.11. The van der Waals surface area contributed by atoms with E-state index in [1.807, 2.05) is 0 Å². The summed E-state index contributed by atoms with van der Waals surface area (Å²) in [5, 5.41) is 9.89. The first-order valence-corrected chi connectivity index (χ1v) is 7.41. The van der Waals surface area contributed by atoms with Gasteiger partial charge in [0.1, 0.15) is 6.10 Å². The van der Waals surface area contributed by atoms with Crippen LogP contribution in [0.5, 0.6) is 0 Å². The standard InChI is InChI=1S/C13H24N2O3.CH2O2/c1-17-12-10-18-9-11(12)14-13(16)5-4-8-15-6-2-3-7-15;2-1-3/h11-12H,2-10H2,1H3,(H,14,16);1H,(H,2,3)/t11-,12-;/m0./s1. The lowest BCUT2D eigenvalue weighted by Crippen LogP contribution is -2.43. The number of methoxy groups -OCH3 is 1. The van der Waals surface area contributed by atoms with E-state index in [0.717, 1.165) is 13.0 Å². The number of ether oxygens (including phenoxy) is 2. The normalized spacial score (nSPS) is 25.2. The summed E-state index contributed by atoms with van der Waals surface area (Å²) in [6, 6.07) is 0.0225. The molecule has 2 saturated heterocycles. The van der Waals surface area contributed by atoms with Crippen molar-refractivity contribution in [3.63, 3.8) is 0 Å². The predicted octanol–water partition coefficient (Wildman–Crippen LogP) is 0.0932. The molecule has 0 radical (unpaired) electrons. The molecule has 2 fully saturated rings. The molecule has 0 spiro atoms. The van der Waals surface area contributed by atoms with E-state index >= 15 is 0 Å². The van der Waals surface area contributed by atoms with Crippen molar-refractivity contribution in [3.8, 4) is 0 Å². The highest BCUT2D eigenvalue weighted by atomic mass is 16.5. The lowest BCUT2D eigenvalue weighted by atomic mass is 10.2. The Bertz CT molecular complexity index is 308. The van der Waals surface area contributed by atoms with Crippen molar-refractivity contribution in [2.75, 3.05) is 40.0 Å². The third kappa shape index (κ3) is 6.88. The molecule has 0 aliphatic carbocycles. The maximum atomic E-state index is 11.8. The van der Waals surface area contributed by atoms with Crippen molar-refractivity contribution in [3.05, 3.63) is 0 Å². The van der Waals surface area contributed by atoms with E-state index in [9.17, 15) is 4.79 Å².